The zero-order chi connectivity index (χ0) is 8.72. The second-order valence-electron chi connectivity index (χ2n) is 3.12. The summed E-state index contributed by atoms with van der Waals surface area (Å²) in [6, 6.07) is 4.35. The topological polar surface area (TPSA) is 46.2 Å². The summed E-state index contributed by atoms with van der Waals surface area (Å²) in [5, 5.41) is 9.48. The molecule has 2 unspecified atom stereocenters. The standard InChI is InChI=1S/C9H10FNO/c10-7-3-1-2-5-6(7)4-8(11)9(5)12/h1-3,8-9,12H,4,11H2. The van der Waals surface area contributed by atoms with E-state index in [2.05, 4.69) is 0 Å². The molecule has 1 aliphatic rings. The first-order valence-corrected chi connectivity index (χ1v) is 3.91. The van der Waals surface area contributed by atoms with Crippen LogP contribution in [-0.2, 0) is 6.42 Å². The number of halogens is 1. The molecule has 0 amide bonds. The average Bonchev–Trinajstić information content (AvgIpc) is 2.32. The summed E-state index contributed by atoms with van der Waals surface area (Å²) in [7, 11) is 0. The Balaban J connectivity index is 2.53. The van der Waals surface area contributed by atoms with Gasteiger partial charge < -0.3 is 10.8 Å². The van der Waals surface area contributed by atoms with Gasteiger partial charge in [0.2, 0.25) is 0 Å². The fourth-order valence-electron chi connectivity index (χ4n) is 1.65. The first-order valence-electron chi connectivity index (χ1n) is 3.91. The van der Waals surface area contributed by atoms with E-state index >= 15 is 0 Å². The Hall–Kier alpha value is -0.930. The molecule has 3 N–H and O–H groups in total. The van der Waals surface area contributed by atoms with E-state index in [1.165, 1.54) is 6.07 Å². The Labute approximate surface area is 69.8 Å². The largest absolute Gasteiger partial charge is 0.387 e. The van der Waals surface area contributed by atoms with Gasteiger partial charge in [0.15, 0.2) is 0 Å². The molecule has 64 valence electrons. The maximum Gasteiger partial charge on any atom is 0.126 e. The molecule has 3 heteroatoms. The van der Waals surface area contributed by atoms with Crippen molar-refractivity contribution in [3.63, 3.8) is 0 Å². The van der Waals surface area contributed by atoms with Crippen LogP contribution in [0, 0.1) is 5.82 Å². The van der Waals surface area contributed by atoms with Crippen molar-refractivity contribution in [3.05, 3.63) is 35.1 Å². The minimum atomic E-state index is -0.698. The zero-order valence-electron chi connectivity index (χ0n) is 6.50. The second-order valence-corrected chi connectivity index (χ2v) is 3.12. The number of hydrogen-bond donors (Lipinski definition) is 2. The molecule has 1 aliphatic carbocycles. The van der Waals surface area contributed by atoms with E-state index in [0.29, 0.717) is 17.5 Å². The van der Waals surface area contributed by atoms with Crippen LogP contribution in [0.3, 0.4) is 0 Å². The molecule has 2 rings (SSSR count). The highest BCUT2D eigenvalue weighted by atomic mass is 19.1. The van der Waals surface area contributed by atoms with Gasteiger partial charge in [-0.3, -0.25) is 0 Å². The average molecular weight is 167 g/mol. The molecule has 0 aliphatic heterocycles. The Morgan fingerprint density at radius 2 is 2.25 bits per heavy atom. The summed E-state index contributed by atoms with van der Waals surface area (Å²) in [6.07, 6.45) is -0.265. The lowest BCUT2D eigenvalue weighted by molar-refractivity contribution is 0.159. The Kier molecular flexibility index (Phi) is 1.63. The van der Waals surface area contributed by atoms with Gasteiger partial charge >= 0.3 is 0 Å². The summed E-state index contributed by atoms with van der Waals surface area (Å²) >= 11 is 0. The Bertz CT molecular complexity index is 313. The molecule has 1 aromatic carbocycles. The number of rotatable bonds is 0. The van der Waals surface area contributed by atoms with Crippen molar-refractivity contribution < 1.29 is 9.50 Å². The zero-order valence-corrected chi connectivity index (χ0v) is 6.50. The van der Waals surface area contributed by atoms with Gasteiger partial charge in [-0.1, -0.05) is 12.1 Å². The van der Waals surface area contributed by atoms with Gasteiger partial charge in [0.05, 0.1) is 6.10 Å². The van der Waals surface area contributed by atoms with Gasteiger partial charge in [-0.05, 0) is 23.6 Å². The van der Waals surface area contributed by atoms with Crippen LogP contribution in [0.15, 0.2) is 18.2 Å². The van der Waals surface area contributed by atoms with Crippen molar-refractivity contribution in [2.24, 2.45) is 5.73 Å². The third kappa shape index (κ3) is 0.940. The SMILES string of the molecule is NC1Cc2c(F)cccc2C1O. The number of nitrogens with two attached hydrogens (primary N) is 1. The third-order valence-electron chi connectivity index (χ3n) is 2.32. The van der Waals surface area contributed by atoms with Crippen LogP contribution in [-0.4, -0.2) is 11.1 Å². The number of fused-ring (bicyclic) bond motifs is 1. The number of benzene rings is 1. The lowest BCUT2D eigenvalue weighted by Crippen LogP contribution is -2.24. The van der Waals surface area contributed by atoms with E-state index < -0.39 is 6.10 Å². The first kappa shape index (κ1) is 7.71. The van der Waals surface area contributed by atoms with Crippen molar-refractivity contribution in [1.82, 2.24) is 0 Å². The summed E-state index contributed by atoms with van der Waals surface area (Å²) in [6.45, 7) is 0. The minimum Gasteiger partial charge on any atom is -0.387 e. The molecule has 0 bridgehead atoms. The maximum atomic E-state index is 13.1. The highest BCUT2D eigenvalue weighted by Crippen LogP contribution is 2.31. The van der Waals surface area contributed by atoms with Gasteiger partial charge in [-0.25, -0.2) is 4.39 Å². The second kappa shape index (κ2) is 2.54. The molecule has 2 atom stereocenters. The van der Waals surface area contributed by atoms with Gasteiger partial charge in [0.1, 0.15) is 5.82 Å². The fraction of sp³-hybridized carbons (Fsp3) is 0.333. The monoisotopic (exact) mass is 167 g/mol. The highest BCUT2D eigenvalue weighted by molar-refractivity contribution is 5.36. The molecule has 0 saturated carbocycles. The van der Waals surface area contributed by atoms with E-state index in [1.54, 1.807) is 12.1 Å². The molecule has 0 spiro atoms. The summed E-state index contributed by atoms with van der Waals surface area (Å²) in [5.41, 5.74) is 6.79. The van der Waals surface area contributed by atoms with Crippen molar-refractivity contribution in [1.29, 1.82) is 0 Å². The molecular formula is C9H10FNO. The lowest BCUT2D eigenvalue weighted by Gasteiger charge is -2.07. The van der Waals surface area contributed by atoms with Crippen molar-refractivity contribution in [2.45, 2.75) is 18.6 Å². The van der Waals surface area contributed by atoms with E-state index in [9.17, 15) is 9.50 Å². The van der Waals surface area contributed by atoms with Gasteiger partial charge in [0.25, 0.3) is 0 Å². The highest BCUT2D eigenvalue weighted by Gasteiger charge is 2.29. The Morgan fingerprint density at radius 3 is 2.92 bits per heavy atom. The first-order chi connectivity index (χ1) is 5.70. The van der Waals surface area contributed by atoms with Crippen LogP contribution >= 0.6 is 0 Å². The molecule has 0 radical (unpaired) electrons. The number of aliphatic hydroxyl groups is 1. The van der Waals surface area contributed by atoms with Crippen LogP contribution in [0.5, 0.6) is 0 Å². The predicted octanol–water partition coefficient (Wildman–Crippen LogP) is 0.743. The van der Waals surface area contributed by atoms with E-state index in [-0.39, 0.29) is 11.9 Å². The molecule has 0 saturated heterocycles. The molecule has 0 fully saturated rings. The Morgan fingerprint density at radius 1 is 1.50 bits per heavy atom. The normalized spacial score (nSPS) is 27.2. The van der Waals surface area contributed by atoms with E-state index in [1.807, 2.05) is 0 Å². The smallest absolute Gasteiger partial charge is 0.126 e. The molecule has 1 aromatic rings. The van der Waals surface area contributed by atoms with Gasteiger partial charge in [0, 0.05) is 6.04 Å². The van der Waals surface area contributed by atoms with Crippen molar-refractivity contribution >= 4 is 0 Å². The van der Waals surface area contributed by atoms with Crippen molar-refractivity contribution in [2.75, 3.05) is 0 Å². The van der Waals surface area contributed by atoms with E-state index in [0.717, 1.165) is 0 Å². The minimum absolute atomic E-state index is 0.264. The molecule has 0 aromatic heterocycles. The number of hydrogen-bond acceptors (Lipinski definition) is 2. The summed E-state index contributed by atoms with van der Waals surface area (Å²) in [5.74, 6) is -0.264. The third-order valence-corrected chi connectivity index (χ3v) is 2.32. The van der Waals surface area contributed by atoms with Crippen molar-refractivity contribution in [3.8, 4) is 0 Å². The van der Waals surface area contributed by atoms with Crippen LogP contribution in [0.1, 0.15) is 17.2 Å². The van der Waals surface area contributed by atoms with Crippen LogP contribution in [0.2, 0.25) is 0 Å². The number of aliphatic hydroxyl groups excluding tert-OH is 1. The summed E-state index contributed by atoms with van der Waals surface area (Å²) in [4.78, 5) is 0. The van der Waals surface area contributed by atoms with Crippen LogP contribution in [0.25, 0.3) is 0 Å². The van der Waals surface area contributed by atoms with E-state index in [4.69, 9.17) is 5.73 Å². The molecular weight excluding hydrogens is 157 g/mol. The molecule has 12 heavy (non-hydrogen) atoms. The lowest BCUT2D eigenvalue weighted by atomic mass is 10.1. The molecule has 0 heterocycles. The molecule has 2 nitrogen and oxygen atoms in total. The van der Waals surface area contributed by atoms with Gasteiger partial charge in [-0.15, -0.1) is 0 Å². The quantitative estimate of drug-likeness (QED) is 0.598. The maximum absolute atomic E-state index is 13.1. The summed E-state index contributed by atoms with van der Waals surface area (Å²) < 4.78 is 13.1. The fourth-order valence-corrected chi connectivity index (χ4v) is 1.65. The van der Waals surface area contributed by atoms with Crippen LogP contribution in [0.4, 0.5) is 4.39 Å². The predicted molar refractivity (Wildman–Crippen MR) is 43.0 cm³/mol. The van der Waals surface area contributed by atoms with Crippen LogP contribution < -0.4 is 5.73 Å². The van der Waals surface area contributed by atoms with Gasteiger partial charge in [-0.2, -0.15) is 0 Å².